The number of benzene rings is 2. The molecule has 2 N–H and O–H groups in total. The fourth-order valence-electron chi connectivity index (χ4n) is 1.48. The van der Waals surface area contributed by atoms with Crippen LogP contribution in [0.4, 0.5) is 14.9 Å². The van der Waals surface area contributed by atoms with E-state index < -0.39 is 6.03 Å². The molecule has 4 nitrogen and oxygen atoms in total. The fraction of sp³-hybridized carbons (Fsp3) is 0.0714. The van der Waals surface area contributed by atoms with Crippen LogP contribution in [-0.4, -0.2) is 12.8 Å². The first-order valence-electron chi connectivity index (χ1n) is 5.93. The van der Waals surface area contributed by atoms with Crippen LogP contribution in [0.5, 0.6) is 5.75 Å². The Morgan fingerprint density at radius 2 is 1.86 bits per heavy atom. The normalized spacial score (nSPS) is 10.0. The molecule has 0 heterocycles. The van der Waals surface area contributed by atoms with E-state index in [-0.39, 0.29) is 12.5 Å². The highest BCUT2D eigenvalue weighted by Gasteiger charge is 2.04. The summed E-state index contributed by atoms with van der Waals surface area (Å²) < 4.78 is 18.0. The Labute approximate surface area is 130 Å². The summed E-state index contributed by atoms with van der Waals surface area (Å²) in [5.41, 5.74) is 0.471. The highest BCUT2D eigenvalue weighted by molar-refractivity contribution is 6.35. The summed E-state index contributed by atoms with van der Waals surface area (Å²) in [5.74, 6) is 0.0322. The molecule has 0 bridgehead atoms. The third kappa shape index (κ3) is 4.81. The van der Waals surface area contributed by atoms with Gasteiger partial charge in [0.1, 0.15) is 11.6 Å². The van der Waals surface area contributed by atoms with E-state index in [4.69, 9.17) is 27.9 Å². The topological polar surface area (TPSA) is 50.4 Å². The largest absolute Gasteiger partial charge is 0.472 e. The zero-order valence-corrected chi connectivity index (χ0v) is 12.2. The van der Waals surface area contributed by atoms with Crippen molar-refractivity contribution in [1.29, 1.82) is 0 Å². The molecule has 0 aliphatic heterocycles. The quantitative estimate of drug-likeness (QED) is 0.822. The summed E-state index contributed by atoms with van der Waals surface area (Å²) in [6.07, 6.45) is 0. The van der Waals surface area contributed by atoms with Crippen LogP contribution in [0.15, 0.2) is 42.5 Å². The number of amides is 2. The van der Waals surface area contributed by atoms with Gasteiger partial charge in [0.05, 0.1) is 5.02 Å². The monoisotopic (exact) mass is 328 g/mol. The molecule has 0 aliphatic carbocycles. The van der Waals surface area contributed by atoms with Gasteiger partial charge in [0, 0.05) is 10.7 Å². The van der Waals surface area contributed by atoms with E-state index in [0.717, 1.165) is 0 Å². The van der Waals surface area contributed by atoms with Crippen molar-refractivity contribution in [2.24, 2.45) is 0 Å². The van der Waals surface area contributed by atoms with Crippen molar-refractivity contribution in [3.8, 4) is 5.75 Å². The highest BCUT2D eigenvalue weighted by atomic mass is 35.5. The fourth-order valence-corrected chi connectivity index (χ4v) is 1.94. The van der Waals surface area contributed by atoms with Crippen LogP contribution in [0.1, 0.15) is 0 Å². The second kappa shape index (κ2) is 7.15. The van der Waals surface area contributed by atoms with Crippen LogP contribution in [-0.2, 0) is 0 Å². The van der Waals surface area contributed by atoms with Crippen molar-refractivity contribution in [2.45, 2.75) is 0 Å². The minimum atomic E-state index is -0.480. The van der Waals surface area contributed by atoms with Gasteiger partial charge in [0.25, 0.3) is 0 Å². The molecule has 7 heteroatoms. The van der Waals surface area contributed by atoms with Crippen molar-refractivity contribution >= 4 is 34.9 Å². The zero-order chi connectivity index (χ0) is 15.2. The summed E-state index contributed by atoms with van der Waals surface area (Å²) in [7, 11) is 0. The van der Waals surface area contributed by atoms with E-state index in [2.05, 4.69) is 10.6 Å². The first-order chi connectivity index (χ1) is 10.0. The summed E-state index contributed by atoms with van der Waals surface area (Å²) in [5, 5.41) is 5.85. The van der Waals surface area contributed by atoms with Crippen LogP contribution in [0, 0.1) is 5.82 Å². The molecule has 21 heavy (non-hydrogen) atoms. The van der Waals surface area contributed by atoms with Gasteiger partial charge in [0.2, 0.25) is 0 Å². The first-order valence-corrected chi connectivity index (χ1v) is 6.68. The molecule has 0 atom stereocenters. The maximum Gasteiger partial charge on any atom is 0.321 e. The molecule has 2 aromatic carbocycles. The number of anilines is 1. The van der Waals surface area contributed by atoms with Gasteiger partial charge < -0.3 is 15.4 Å². The molecular formula is C14H11Cl2FN2O2. The lowest BCUT2D eigenvalue weighted by atomic mass is 10.3. The Balaban J connectivity index is 1.80. The summed E-state index contributed by atoms with van der Waals surface area (Å²) in [6, 6.07) is 9.69. The molecule has 0 radical (unpaired) electrons. The van der Waals surface area contributed by atoms with Crippen molar-refractivity contribution < 1.29 is 13.9 Å². The van der Waals surface area contributed by atoms with Gasteiger partial charge in [-0.2, -0.15) is 0 Å². The van der Waals surface area contributed by atoms with Crippen LogP contribution in [0.2, 0.25) is 10.0 Å². The number of urea groups is 1. The summed E-state index contributed by atoms with van der Waals surface area (Å²) in [4.78, 5) is 11.6. The maximum absolute atomic E-state index is 12.7. The summed E-state index contributed by atoms with van der Waals surface area (Å²) >= 11 is 11.7. The molecular weight excluding hydrogens is 318 g/mol. The highest BCUT2D eigenvalue weighted by Crippen LogP contribution is 2.27. The molecule has 0 fully saturated rings. The standard InChI is InChI=1S/C14H11Cl2FN2O2/c15-9-1-6-13(12(16)7-9)21-8-18-14(20)19-11-4-2-10(17)3-5-11/h1-7H,8H2,(H2,18,19,20). The van der Waals surface area contributed by atoms with Crippen molar-refractivity contribution in [3.63, 3.8) is 0 Å². The second-order valence-corrected chi connectivity index (χ2v) is 4.84. The molecule has 0 saturated carbocycles. The van der Waals surface area contributed by atoms with Gasteiger partial charge in [-0.25, -0.2) is 9.18 Å². The number of rotatable bonds is 4. The minimum absolute atomic E-state index is 0.0750. The average Bonchev–Trinajstić information content (AvgIpc) is 2.44. The molecule has 2 rings (SSSR count). The molecule has 2 amide bonds. The molecule has 0 aliphatic rings. The van der Waals surface area contributed by atoms with E-state index in [1.165, 1.54) is 30.3 Å². The van der Waals surface area contributed by atoms with E-state index in [9.17, 15) is 9.18 Å². The Morgan fingerprint density at radius 1 is 1.14 bits per heavy atom. The molecule has 2 aromatic rings. The minimum Gasteiger partial charge on any atom is -0.472 e. The number of carbonyl (C=O) groups is 1. The Morgan fingerprint density at radius 3 is 2.52 bits per heavy atom. The zero-order valence-electron chi connectivity index (χ0n) is 10.7. The van der Waals surface area contributed by atoms with E-state index in [1.54, 1.807) is 12.1 Å². The number of ether oxygens (including phenoxy) is 1. The number of hydrogen-bond donors (Lipinski definition) is 2. The van der Waals surface area contributed by atoms with Crippen molar-refractivity contribution in [1.82, 2.24) is 5.32 Å². The molecule has 0 unspecified atom stereocenters. The Kier molecular flexibility index (Phi) is 5.25. The number of nitrogens with one attached hydrogen (secondary N) is 2. The summed E-state index contributed by atoms with van der Waals surface area (Å²) in [6.45, 7) is -0.0750. The molecule has 0 spiro atoms. The van der Waals surface area contributed by atoms with Gasteiger partial charge >= 0.3 is 6.03 Å². The van der Waals surface area contributed by atoms with Gasteiger partial charge in [0.15, 0.2) is 6.73 Å². The Bertz CT molecular complexity index is 635. The average molecular weight is 329 g/mol. The predicted molar refractivity (Wildman–Crippen MR) is 80.5 cm³/mol. The lowest BCUT2D eigenvalue weighted by Gasteiger charge is -2.10. The van der Waals surface area contributed by atoms with E-state index in [1.807, 2.05) is 0 Å². The molecule has 0 saturated heterocycles. The van der Waals surface area contributed by atoms with Crippen molar-refractivity contribution in [2.75, 3.05) is 12.0 Å². The van der Waals surface area contributed by atoms with Gasteiger partial charge in [-0.15, -0.1) is 0 Å². The van der Waals surface area contributed by atoms with Crippen molar-refractivity contribution in [3.05, 3.63) is 58.3 Å². The SMILES string of the molecule is O=C(NCOc1ccc(Cl)cc1Cl)Nc1ccc(F)cc1. The smallest absolute Gasteiger partial charge is 0.321 e. The number of carbonyl (C=O) groups excluding carboxylic acids is 1. The van der Waals surface area contributed by atoms with Gasteiger partial charge in [-0.1, -0.05) is 23.2 Å². The number of halogens is 3. The van der Waals surface area contributed by atoms with Gasteiger partial charge in [-0.05, 0) is 42.5 Å². The van der Waals surface area contributed by atoms with Crippen LogP contribution in [0.25, 0.3) is 0 Å². The number of hydrogen-bond acceptors (Lipinski definition) is 2. The Hall–Kier alpha value is -1.98. The third-order valence-corrected chi connectivity index (χ3v) is 2.99. The second-order valence-electron chi connectivity index (χ2n) is 4.00. The predicted octanol–water partition coefficient (Wildman–Crippen LogP) is 4.29. The van der Waals surface area contributed by atoms with Crippen LogP contribution in [0.3, 0.4) is 0 Å². The first kappa shape index (κ1) is 15.4. The van der Waals surface area contributed by atoms with E-state index >= 15 is 0 Å². The third-order valence-electron chi connectivity index (χ3n) is 2.46. The molecule has 110 valence electrons. The van der Waals surface area contributed by atoms with Crippen LogP contribution >= 0.6 is 23.2 Å². The lowest BCUT2D eigenvalue weighted by Crippen LogP contribution is -2.32. The van der Waals surface area contributed by atoms with Crippen LogP contribution < -0.4 is 15.4 Å². The molecule has 0 aromatic heterocycles. The van der Waals surface area contributed by atoms with Gasteiger partial charge in [-0.3, -0.25) is 0 Å². The lowest BCUT2D eigenvalue weighted by molar-refractivity contribution is 0.234. The van der Waals surface area contributed by atoms with E-state index in [0.29, 0.717) is 21.5 Å². The maximum atomic E-state index is 12.7.